The average Bonchev–Trinajstić information content (AvgIpc) is 3.41. The van der Waals surface area contributed by atoms with Crippen LogP contribution in [0.3, 0.4) is 0 Å². The maximum absolute atomic E-state index is 9.59. The minimum atomic E-state index is 0.260. The van der Waals surface area contributed by atoms with E-state index in [4.69, 9.17) is 10.4 Å². The number of dihydropyridines is 1. The molecule has 2 aliphatic rings. The van der Waals surface area contributed by atoms with Crippen molar-refractivity contribution in [1.82, 2.24) is 30.0 Å². The number of nitriles is 1. The molecule has 3 aromatic heterocycles. The van der Waals surface area contributed by atoms with Gasteiger partial charge in [-0.05, 0) is 36.6 Å². The number of hydrogen-bond acceptors (Lipinski definition) is 9. The summed E-state index contributed by atoms with van der Waals surface area (Å²) in [5, 5.41) is 24.8. The highest BCUT2D eigenvalue weighted by molar-refractivity contribution is 7.98. The van der Waals surface area contributed by atoms with Crippen molar-refractivity contribution < 1.29 is 0 Å². The van der Waals surface area contributed by atoms with Crippen LogP contribution in [0.5, 0.6) is 0 Å². The molecule has 0 aromatic carbocycles. The van der Waals surface area contributed by atoms with Crippen molar-refractivity contribution in [2.75, 3.05) is 37.3 Å². The van der Waals surface area contributed by atoms with Crippen LogP contribution < -0.4 is 10.2 Å². The van der Waals surface area contributed by atoms with E-state index in [0.29, 0.717) is 5.70 Å². The van der Waals surface area contributed by atoms with Crippen molar-refractivity contribution >= 4 is 34.9 Å². The predicted molar refractivity (Wildman–Crippen MR) is 151 cm³/mol. The van der Waals surface area contributed by atoms with Gasteiger partial charge in [0.05, 0.1) is 23.2 Å². The van der Waals surface area contributed by atoms with E-state index in [0.717, 1.165) is 72.7 Å². The largest absolute Gasteiger partial charge is 0.359 e. The zero-order valence-electron chi connectivity index (χ0n) is 21.4. The topological polar surface area (TPSA) is 110 Å². The number of aryl methyl sites for hydroxylation is 1. The second-order valence-electron chi connectivity index (χ2n) is 9.11. The van der Waals surface area contributed by atoms with Crippen LogP contribution in [0.25, 0.3) is 11.1 Å². The SMILES string of the molecule is CSc1ccc(CN2CCN(c3ccc(C4=CC(c5cnn(C)c5)=CN/C4=C(/C#N)C=N)cn3)CC2)nc1. The Labute approximate surface area is 226 Å². The van der Waals surface area contributed by atoms with E-state index in [1.165, 1.54) is 4.90 Å². The van der Waals surface area contributed by atoms with Crippen molar-refractivity contribution in [2.45, 2.75) is 11.4 Å². The number of allylic oxidation sites excluding steroid dienone is 4. The maximum atomic E-state index is 9.59. The maximum Gasteiger partial charge on any atom is 0.128 e. The second-order valence-corrected chi connectivity index (χ2v) is 9.99. The van der Waals surface area contributed by atoms with E-state index >= 15 is 0 Å². The van der Waals surface area contributed by atoms with Crippen LogP contribution in [-0.4, -0.2) is 63.3 Å². The first-order chi connectivity index (χ1) is 18.6. The molecule has 0 bridgehead atoms. The van der Waals surface area contributed by atoms with Gasteiger partial charge >= 0.3 is 0 Å². The molecule has 5 heterocycles. The lowest BCUT2D eigenvalue weighted by Crippen LogP contribution is -2.46. The van der Waals surface area contributed by atoms with Crippen LogP contribution in [0, 0.1) is 16.7 Å². The molecule has 0 aliphatic carbocycles. The molecule has 3 aromatic rings. The summed E-state index contributed by atoms with van der Waals surface area (Å²) in [6.07, 6.45) is 14.5. The van der Waals surface area contributed by atoms with Crippen LogP contribution in [0.4, 0.5) is 5.82 Å². The van der Waals surface area contributed by atoms with Gasteiger partial charge in [0.2, 0.25) is 0 Å². The number of pyridine rings is 2. The van der Waals surface area contributed by atoms with E-state index in [2.05, 4.69) is 49.7 Å². The van der Waals surface area contributed by atoms with Gasteiger partial charge in [-0.1, -0.05) is 0 Å². The highest BCUT2D eigenvalue weighted by atomic mass is 32.2. The highest BCUT2D eigenvalue weighted by Gasteiger charge is 2.21. The molecule has 0 unspecified atom stereocenters. The molecule has 1 fully saturated rings. The third-order valence-electron chi connectivity index (χ3n) is 6.69. The van der Waals surface area contributed by atoms with Crippen molar-refractivity contribution in [3.05, 3.63) is 89.4 Å². The number of aromatic nitrogens is 4. The Kier molecular flexibility index (Phi) is 7.67. The molecule has 9 nitrogen and oxygen atoms in total. The van der Waals surface area contributed by atoms with Crippen LogP contribution in [0.1, 0.15) is 16.8 Å². The molecule has 0 radical (unpaired) electrons. The van der Waals surface area contributed by atoms with Crippen molar-refractivity contribution in [1.29, 1.82) is 10.7 Å². The van der Waals surface area contributed by atoms with Gasteiger partial charge in [0.25, 0.3) is 0 Å². The number of nitrogens with one attached hydrogen (secondary N) is 2. The Hall–Kier alpha value is -4.20. The van der Waals surface area contributed by atoms with Crippen LogP contribution >= 0.6 is 11.8 Å². The molecule has 0 saturated carbocycles. The lowest BCUT2D eigenvalue weighted by atomic mass is 9.94. The number of anilines is 1. The average molecular weight is 524 g/mol. The molecule has 0 amide bonds. The first-order valence-corrected chi connectivity index (χ1v) is 13.6. The fraction of sp³-hybridized carbons (Fsp3) is 0.250. The van der Waals surface area contributed by atoms with Crippen LogP contribution in [0.2, 0.25) is 0 Å². The molecular weight excluding hydrogens is 494 g/mol. The summed E-state index contributed by atoms with van der Waals surface area (Å²) in [4.78, 5) is 15.3. The fourth-order valence-corrected chi connectivity index (χ4v) is 4.93. The van der Waals surface area contributed by atoms with E-state index in [9.17, 15) is 5.26 Å². The lowest BCUT2D eigenvalue weighted by molar-refractivity contribution is 0.246. The van der Waals surface area contributed by atoms with Gasteiger partial charge < -0.3 is 15.6 Å². The van der Waals surface area contributed by atoms with Gasteiger partial charge in [-0.15, -0.1) is 11.8 Å². The smallest absolute Gasteiger partial charge is 0.128 e. The molecular formula is C28H29N9S. The number of piperazine rings is 1. The number of hydrogen-bond donors (Lipinski definition) is 2. The molecule has 0 spiro atoms. The van der Waals surface area contributed by atoms with Gasteiger partial charge in [-0.3, -0.25) is 14.6 Å². The minimum Gasteiger partial charge on any atom is -0.359 e. The zero-order valence-corrected chi connectivity index (χ0v) is 22.2. The molecule has 2 aliphatic heterocycles. The van der Waals surface area contributed by atoms with Gasteiger partial charge in [0.15, 0.2) is 0 Å². The van der Waals surface area contributed by atoms with E-state index in [1.807, 2.05) is 50.0 Å². The van der Waals surface area contributed by atoms with Crippen LogP contribution in [0.15, 0.2) is 77.5 Å². The van der Waals surface area contributed by atoms with Gasteiger partial charge in [-0.2, -0.15) is 10.4 Å². The van der Waals surface area contributed by atoms with E-state index in [1.54, 1.807) is 22.6 Å². The minimum absolute atomic E-state index is 0.260. The fourth-order valence-electron chi connectivity index (χ4n) is 4.57. The summed E-state index contributed by atoms with van der Waals surface area (Å²) in [6.45, 7) is 4.53. The normalized spacial score (nSPS) is 17.2. The van der Waals surface area contributed by atoms with Gasteiger partial charge in [-0.25, -0.2) is 4.98 Å². The molecule has 192 valence electrons. The van der Waals surface area contributed by atoms with Crippen molar-refractivity contribution in [2.24, 2.45) is 7.05 Å². The lowest BCUT2D eigenvalue weighted by Gasteiger charge is -2.35. The zero-order chi connectivity index (χ0) is 26.5. The van der Waals surface area contributed by atoms with E-state index < -0.39 is 0 Å². The van der Waals surface area contributed by atoms with Crippen molar-refractivity contribution in [3.63, 3.8) is 0 Å². The summed E-state index contributed by atoms with van der Waals surface area (Å²) in [5.41, 5.74) is 5.54. The molecule has 1 saturated heterocycles. The standard InChI is InChI=1S/C28H29N9S/c1-35-18-23(16-34-35)21-11-26(28(33-15-21)22(12-29)13-30)20-3-6-27(32-14-20)37-9-7-36(8-10-37)19-24-4-5-25(38-2)17-31-24/h3-6,11-12,14-18,29,33H,7-10,19H2,1-2H3/b28-22+,29-12?. The molecule has 38 heavy (non-hydrogen) atoms. The highest BCUT2D eigenvalue weighted by Crippen LogP contribution is 2.32. The van der Waals surface area contributed by atoms with Crippen molar-refractivity contribution in [3.8, 4) is 6.07 Å². The Bertz CT molecular complexity index is 1430. The molecule has 10 heteroatoms. The number of rotatable bonds is 7. The Morgan fingerprint density at radius 2 is 1.95 bits per heavy atom. The Morgan fingerprint density at radius 1 is 1.11 bits per heavy atom. The summed E-state index contributed by atoms with van der Waals surface area (Å²) in [7, 11) is 1.88. The predicted octanol–water partition coefficient (Wildman–Crippen LogP) is 3.71. The first kappa shape index (κ1) is 25.4. The van der Waals surface area contributed by atoms with E-state index in [-0.39, 0.29) is 5.57 Å². The summed E-state index contributed by atoms with van der Waals surface area (Å²) in [6, 6.07) is 10.4. The monoisotopic (exact) mass is 523 g/mol. The summed E-state index contributed by atoms with van der Waals surface area (Å²) in [5.74, 6) is 0.932. The third kappa shape index (κ3) is 5.54. The van der Waals surface area contributed by atoms with Crippen LogP contribution in [-0.2, 0) is 13.6 Å². The van der Waals surface area contributed by atoms with Gasteiger partial charge in [0, 0.05) is 97.9 Å². The Balaban J connectivity index is 1.30. The third-order valence-corrected chi connectivity index (χ3v) is 7.40. The first-order valence-electron chi connectivity index (χ1n) is 12.3. The summed E-state index contributed by atoms with van der Waals surface area (Å²) < 4.78 is 1.75. The quantitative estimate of drug-likeness (QED) is 0.274. The second kappa shape index (κ2) is 11.5. The number of thioether (sulfide) groups is 1. The molecule has 2 N–H and O–H groups in total. The Morgan fingerprint density at radius 3 is 2.55 bits per heavy atom. The summed E-state index contributed by atoms with van der Waals surface area (Å²) >= 11 is 1.71. The number of nitrogens with zero attached hydrogens (tertiary/aromatic N) is 7. The molecule has 0 atom stereocenters. The van der Waals surface area contributed by atoms with Gasteiger partial charge in [0.1, 0.15) is 11.9 Å². The molecule has 5 rings (SSSR count).